The predicted molar refractivity (Wildman–Crippen MR) is 80.1 cm³/mol. The summed E-state index contributed by atoms with van der Waals surface area (Å²) >= 11 is 1.47. The lowest BCUT2D eigenvalue weighted by molar-refractivity contribution is -0.131. The largest absolute Gasteiger partial charge is 0.478 e. The standard InChI is InChI=1S/C14H15N3O3S/c1-9-5-12(17(2)16-9)14(20)15-7-11-6-10(8-21-11)3-4-13(18)19/h3-6,8H,7H2,1-2H3,(H,15,20)(H,18,19). The van der Waals surface area contributed by atoms with Gasteiger partial charge in [0.1, 0.15) is 5.69 Å². The second-order valence-corrected chi connectivity index (χ2v) is 5.49. The summed E-state index contributed by atoms with van der Waals surface area (Å²) in [7, 11) is 1.72. The van der Waals surface area contributed by atoms with E-state index in [0.717, 1.165) is 22.2 Å². The van der Waals surface area contributed by atoms with Gasteiger partial charge in [-0.3, -0.25) is 9.48 Å². The first-order valence-electron chi connectivity index (χ1n) is 6.23. The van der Waals surface area contributed by atoms with Crippen molar-refractivity contribution in [2.75, 3.05) is 0 Å². The SMILES string of the molecule is Cc1cc(C(=O)NCc2cc(C=CC(=O)O)cs2)n(C)n1. The predicted octanol–water partition coefficient (Wildman–Crippen LogP) is 1.82. The van der Waals surface area contributed by atoms with Crippen LogP contribution >= 0.6 is 11.3 Å². The molecule has 2 heterocycles. The van der Waals surface area contributed by atoms with Gasteiger partial charge in [-0.1, -0.05) is 0 Å². The molecule has 0 aliphatic heterocycles. The number of aryl methyl sites for hydroxylation is 2. The van der Waals surface area contributed by atoms with Gasteiger partial charge in [0.15, 0.2) is 0 Å². The summed E-state index contributed by atoms with van der Waals surface area (Å²) in [5, 5.41) is 17.3. The molecule has 110 valence electrons. The Labute approximate surface area is 125 Å². The van der Waals surface area contributed by atoms with Gasteiger partial charge in [0.2, 0.25) is 0 Å². The van der Waals surface area contributed by atoms with Crippen LogP contribution < -0.4 is 5.32 Å². The number of carboxylic acid groups (broad SMARTS) is 1. The Balaban J connectivity index is 1.95. The number of thiophene rings is 1. The number of aliphatic carboxylic acids is 1. The molecule has 0 aromatic carbocycles. The van der Waals surface area contributed by atoms with E-state index in [1.165, 1.54) is 17.4 Å². The average molecular weight is 305 g/mol. The quantitative estimate of drug-likeness (QED) is 0.825. The molecule has 2 rings (SSSR count). The number of rotatable bonds is 5. The van der Waals surface area contributed by atoms with Crippen LogP contribution in [0, 0.1) is 6.92 Å². The number of hydrogen-bond acceptors (Lipinski definition) is 4. The molecule has 0 saturated heterocycles. The van der Waals surface area contributed by atoms with Crippen molar-refractivity contribution in [3.8, 4) is 0 Å². The number of carbonyl (C=O) groups is 2. The van der Waals surface area contributed by atoms with Gasteiger partial charge >= 0.3 is 5.97 Å². The van der Waals surface area contributed by atoms with Crippen LogP contribution in [0.4, 0.5) is 0 Å². The van der Waals surface area contributed by atoms with E-state index in [9.17, 15) is 9.59 Å². The van der Waals surface area contributed by atoms with E-state index in [1.54, 1.807) is 17.8 Å². The van der Waals surface area contributed by atoms with Gasteiger partial charge in [-0.05, 0) is 36.1 Å². The molecule has 0 bridgehead atoms. The second-order valence-electron chi connectivity index (χ2n) is 4.50. The van der Waals surface area contributed by atoms with E-state index < -0.39 is 5.97 Å². The third-order valence-corrected chi connectivity index (χ3v) is 3.71. The molecule has 0 spiro atoms. The van der Waals surface area contributed by atoms with Gasteiger partial charge in [-0.2, -0.15) is 5.10 Å². The monoisotopic (exact) mass is 305 g/mol. The van der Waals surface area contributed by atoms with Crippen molar-refractivity contribution in [2.24, 2.45) is 7.05 Å². The molecule has 1 amide bonds. The summed E-state index contributed by atoms with van der Waals surface area (Å²) in [5.41, 5.74) is 2.11. The van der Waals surface area contributed by atoms with Gasteiger partial charge in [-0.25, -0.2) is 4.79 Å². The molecular weight excluding hydrogens is 290 g/mol. The Hall–Kier alpha value is -2.41. The minimum Gasteiger partial charge on any atom is -0.478 e. The van der Waals surface area contributed by atoms with Crippen LogP contribution in [0.25, 0.3) is 6.08 Å². The molecule has 7 heteroatoms. The zero-order valence-electron chi connectivity index (χ0n) is 11.7. The minimum atomic E-state index is -0.984. The zero-order chi connectivity index (χ0) is 15.4. The highest BCUT2D eigenvalue weighted by atomic mass is 32.1. The van der Waals surface area contributed by atoms with Crippen LogP contribution in [-0.4, -0.2) is 26.8 Å². The molecule has 0 aliphatic carbocycles. The van der Waals surface area contributed by atoms with Gasteiger partial charge in [-0.15, -0.1) is 11.3 Å². The summed E-state index contributed by atoms with van der Waals surface area (Å²) in [6.07, 6.45) is 2.61. The molecule has 0 aliphatic rings. The Morgan fingerprint density at radius 3 is 2.86 bits per heavy atom. The molecule has 2 N–H and O–H groups in total. The molecule has 0 atom stereocenters. The third kappa shape index (κ3) is 4.03. The summed E-state index contributed by atoms with van der Waals surface area (Å²) in [5.74, 6) is -1.17. The van der Waals surface area contributed by atoms with E-state index in [-0.39, 0.29) is 5.91 Å². The number of nitrogens with one attached hydrogen (secondary N) is 1. The normalized spacial score (nSPS) is 11.0. The maximum Gasteiger partial charge on any atom is 0.328 e. The van der Waals surface area contributed by atoms with Gasteiger partial charge in [0.05, 0.1) is 12.2 Å². The van der Waals surface area contributed by atoms with Gasteiger partial charge in [0, 0.05) is 18.0 Å². The molecule has 0 saturated carbocycles. The molecule has 0 unspecified atom stereocenters. The van der Waals surface area contributed by atoms with Crippen LogP contribution in [-0.2, 0) is 18.4 Å². The van der Waals surface area contributed by atoms with Crippen molar-refractivity contribution in [2.45, 2.75) is 13.5 Å². The third-order valence-electron chi connectivity index (χ3n) is 2.75. The lowest BCUT2D eigenvalue weighted by atomic mass is 10.3. The molecule has 2 aromatic heterocycles. The molecule has 2 aromatic rings. The van der Waals surface area contributed by atoms with Crippen LogP contribution in [0.2, 0.25) is 0 Å². The average Bonchev–Trinajstić information content (AvgIpc) is 3.00. The van der Waals surface area contributed by atoms with Gasteiger partial charge in [0.25, 0.3) is 5.91 Å². The molecule has 0 radical (unpaired) electrons. The van der Waals surface area contributed by atoms with E-state index in [1.807, 2.05) is 18.4 Å². The van der Waals surface area contributed by atoms with E-state index in [0.29, 0.717) is 12.2 Å². The maximum atomic E-state index is 12.0. The highest BCUT2D eigenvalue weighted by Crippen LogP contribution is 2.16. The van der Waals surface area contributed by atoms with Crippen molar-refractivity contribution in [3.63, 3.8) is 0 Å². The highest BCUT2D eigenvalue weighted by Gasteiger charge is 2.11. The number of carboxylic acids is 1. The summed E-state index contributed by atoms with van der Waals surface area (Å²) in [6, 6.07) is 3.57. The fourth-order valence-electron chi connectivity index (χ4n) is 1.83. The van der Waals surface area contributed by atoms with Crippen molar-refractivity contribution >= 4 is 29.3 Å². The zero-order valence-corrected chi connectivity index (χ0v) is 12.5. The molecule has 0 fully saturated rings. The number of carbonyl (C=O) groups excluding carboxylic acids is 1. The van der Waals surface area contributed by atoms with E-state index >= 15 is 0 Å². The topological polar surface area (TPSA) is 84.2 Å². The summed E-state index contributed by atoms with van der Waals surface area (Å²) in [6.45, 7) is 2.23. The summed E-state index contributed by atoms with van der Waals surface area (Å²) < 4.78 is 1.54. The smallest absolute Gasteiger partial charge is 0.328 e. The fourth-order valence-corrected chi connectivity index (χ4v) is 2.62. The first-order chi connectivity index (χ1) is 9.95. The fraction of sp³-hybridized carbons (Fsp3) is 0.214. The van der Waals surface area contributed by atoms with Crippen LogP contribution in [0.3, 0.4) is 0 Å². The Morgan fingerprint density at radius 1 is 1.48 bits per heavy atom. The molecule has 21 heavy (non-hydrogen) atoms. The molecule has 6 nitrogen and oxygen atoms in total. The number of nitrogens with zero attached hydrogens (tertiary/aromatic N) is 2. The summed E-state index contributed by atoms with van der Waals surface area (Å²) in [4.78, 5) is 23.4. The number of amides is 1. The number of aromatic nitrogens is 2. The maximum absolute atomic E-state index is 12.0. The molecular formula is C14H15N3O3S. The van der Waals surface area contributed by atoms with Crippen molar-refractivity contribution < 1.29 is 14.7 Å². The van der Waals surface area contributed by atoms with E-state index in [4.69, 9.17) is 5.11 Å². The number of hydrogen-bond donors (Lipinski definition) is 2. The minimum absolute atomic E-state index is 0.186. The Bertz CT molecular complexity index is 700. The second kappa shape index (κ2) is 6.36. The van der Waals surface area contributed by atoms with Crippen molar-refractivity contribution in [3.05, 3.63) is 45.4 Å². The first-order valence-corrected chi connectivity index (χ1v) is 7.11. The van der Waals surface area contributed by atoms with E-state index in [2.05, 4.69) is 10.4 Å². The lowest BCUT2D eigenvalue weighted by Crippen LogP contribution is -2.24. The van der Waals surface area contributed by atoms with Gasteiger partial charge < -0.3 is 10.4 Å². The highest BCUT2D eigenvalue weighted by molar-refractivity contribution is 7.10. The van der Waals surface area contributed by atoms with Crippen molar-refractivity contribution in [1.29, 1.82) is 0 Å². The Morgan fingerprint density at radius 2 is 2.24 bits per heavy atom. The lowest BCUT2D eigenvalue weighted by Gasteiger charge is -2.03. The Kier molecular flexibility index (Phi) is 4.54. The first kappa shape index (κ1) is 15.0. The van der Waals surface area contributed by atoms with Crippen molar-refractivity contribution in [1.82, 2.24) is 15.1 Å². The van der Waals surface area contributed by atoms with Crippen LogP contribution in [0.5, 0.6) is 0 Å². The van der Waals surface area contributed by atoms with Crippen LogP contribution in [0.15, 0.2) is 23.6 Å². The van der Waals surface area contributed by atoms with Crippen LogP contribution in [0.1, 0.15) is 26.6 Å².